The molecule has 1 aromatic heterocycles. The van der Waals surface area contributed by atoms with Gasteiger partial charge in [-0.05, 0) is 48.4 Å². The summed E-state index contributed by atoms with van der Waals surface area (Å²) in [5, 5.41) is 0. The summed E-state index contributed by atoms with van der Waals surface area (Å²) in [5.41, 5.74) is 1.96. The molecule has 29 heavy (non-hydrogen) atoms. The van der Waals surface area contributed by atoms with E-state index >= 15 is 0 Å². The second-order valence-corrected chi connectivity index (χ2v) is 8.81. The molecule has 0 aliphatic heterocycles. The van der Waals surface area contributed by atoms with Crippen molar-refractivity contribution in [2.45, 2.75) is 31.6 Å². The van der Waals surface area contributed by atoms with Crippen LogP contribution in [0.5, 0.6) is 11.5 Å². The molecule has 0 aliphatic carbocycles. The summed E-state index contributed by atoms with van der Waals surface area (Å²) in [5.74, 6) is 1.82. The van der Waals surface area contributed by atoms with Crippen LogP contribution in [0, 0.1) is 0 Å². The molecule has 0 spiro atoms. The molecule has 3 rings (SSSR count). The average molecular weight is 416 g/mol. The number of fused-ring (bicyclic) bond motifs is 1. The number of hydrogen-bond donors (Lipinski definition) is 0. The van der Waals surface area contributed by atoms with Crippen molar-refractivity contribution in [3.8, 4) is 11.5 Å². The van der Waals surface area contributed by atoms with Gasteiger partial charge in [0.15, 0.2) is 26.9 Å². The standard InChI is InChI=1S/C22H25NO5S/c1-4-6-13-27-21-14-16(7-10-20(21)26-3)8-12-22-23-18-15-17(29(24,25)5-2)9-11-19(18)28-22/h7-12,14-15H,4-6,13H2,1-3H3/b12-8+. The molecule has 3 aromatic rings. The van der Waals surface area contributed by atoms with E-state index in [4.69, 9.17) is 13.9 Å². The van der Waals surface area contributed by atoms with Crippen LogP contribution in [0.3, 0.4) is 0 Å². The largest absolute Gasteiger partial charge is 0.493 e. The van der Waals surface area contributed by atoms with Gasteiger partial charge in [-0.2, -0.15) is 0 Å². The topological polar surface area (TPSA) is 78.6 Å². The Morgan fingerprint density at radius 2 is 1.90 bits per heavy atom. The Bertz CT molecular complexity index is 1120. The molecule has 0 atom stereocenters. The summed E-state index contributed by atoms with van der Waals surface area (Å²) in [6, 6.07) is 10.4. The quantitative estimate of drug-likeness (QED) is 0.459. The van der Waals surface area contributed by atoms with Crippen molar-refractivity contribution >= 4 is 33.1 Å². The normalized spacial score (nSPS) is 12.0. The zero-order valence-corrected chi connectivity index (χ0v) is 17.7. The monoisotopic (exact) mass is 415 g/mol. The highest BCUT2D eigenvalue weighted by Gasteiger charge is 2.14. The predicted octanol–water partition coefficient (Wildman–Crippen LogP) is 4.98. The van der Waals surface area contributed by atoms with Gasteiger partial charge in [-0.15, -0.1) is 0 Å². The zero-order valence-electron chi connectivity index (χ0n) is 16.8. The SMILES string of the molecule is CCCCOc1cc(/C=C/c2nc3cc(S(=O)(=O)CC)ccc3o2)ccc1OC. The molecule has 0 unspecified atom stereocenters. The van der Waals surface area contributed by atoms with Crippen LogP contribution in [0.25, 0.3) is 23.3 Å². The van der Waals surface area contributed by atoms with Gasteiger partial charge < -0.3 is 13.9 Å². The smallest absolute Gasteiger partial charge is 0.220 e. The molecular weight excluding hydrogens is 390 g/mol. The lowest BCUT2D eigenvalue weighted by Crippen LogP contribution is -2.03. The maximum absolute atomic E-state index is 12.0. The molecule has 0 bridgehead atoms. The lowest BCUT2D eigenvalue weighted by molar-refractivity contribution is 0.288. The Hall–Kier alpha value is -2.80. The minimum Gasteiger partial charge on any atom is -0.493 e. The summed E-state index contributed by atoms with van der Waals surface area (Å²) in [6.07, 6.45) is 5.63. The molecule has 154 valence electrons. The number of oxazole rings is 1. The third kappa shape index (κ3) is 4.98. The van der Waals surface area contributed by atoms with Crippen molar-refractivity contribution in [2.75, 3.05) is 19.5 Å². The molecule has 0 radical (unpaired) electrons. The molecule has 0 saturated carbocycles. The van der Waals surface area contributed by atoms with Gasteiger partial charge in [0.2, 0.25) is 5.89 Å². The number of hydrogen-bond acceptors (Lipinski definition) is 6. The van der Waals surface area contributed by atoms with E-state index in [1.165, 1.54) is 0 Å². The highest BCUT2D eigenvalue weighted by Crippen LogP contribution is 2.29. The number of nitrogens with zero attached hydrogens (tertiary/aromatic N) is 1. The minimum absolute atomic E-state index is 0.0449. The number of rotatable bonds is 9. The first-order valence-corrected chi connectivity index (χ1v) is 11.2. The third-order valence-corrected chi connectivity index (χ3v) is 6.21. The number of sulfone groups is 1. The maximum atomic E-state index is 12.0. The Morgan fingerprint density at radius 3 is 2.62 bits per heavy atom. The zero-order chi connectivity index (χ0) is 20.9. The van der Waals surface area contributed by atoms with E-state index in [9.17, 15) is 8.42 Å². The number of benzene rings is 2. The Balaban J connectivity index is 1.83. The van der Waals surface area contributed by atoms with E-state index in [0.29, 0.717) is 35.1 Å². The van der Waals surface area contributed by atoms with E-state index in [1.807, 2.05) is 24.3 Å². The fourth-order valence-electron chi connectivity index (χ4n) is 2.76. The first kappa shape index (κ1) is 20.9. The summed E-state index contributed by atoms with van der Waals surface area (Å²) in [7, 11) is -1.67. The number of methoxy groups -OCH3 is 1. The van der Waals surface area contributed by atoms with E-state index in [0.717, 1.165) is 18.4 Å². The molecule has 0 aliphatic rings. The van der Waals surface area contributed by atoms with Crippen LogP contribution in [-0.4, -0.2) is 32.9 Å². The molecule has 0 amide bonds. The van der Waals surface area contributed by atoms with E-state index in [1.54, 1.807) is 38.3 Å². The van der Waals surface area contributed by atoms with Crippen LogP contribution in [0.4, 0.5) is 0 Å². The van der Waals surface area contributed by atoms with Crippen molar-refractivity contribution in [1.82, 2.24) is 4.98 Å². The molecule has 0 saturated heterocycles. The Morgan fingerprint density at radius 1 is 1.07 bits per heavy atom. The third-order valence-electron chi connectivity index (χ3n) is 4.48. The van der Waals surface area contributed by atoms with Gasteiger partial charge >= 0.3 is 0 Å². The van der Waals surface area contributed by atoms with Crippen molar-refractivity contribution in [2.24, 2.45) is 0 Å². The molecular formula is C22H25NO5S. The van der Waals surface area contributed by atoms with Crippen LogP contribution in [0.1, 0.15) is 38.1 Å². The lowest BCUT2D eigenvalue weighted by atomic mass is 10.2. The highest BCUT2D eigenvalue weighted by molar-refractivity contribution is 7.91. The number of aromatic nitrogens is 1. The molecule has 1 heterocycles. The van der Waals surface area contributed by atoms with E-state index in [2.05, 4.69) is 11.9 Å². The van der Waals surface area contributed by atoms with Crippen LogP contribution < -0.4 is 9.47 Å². The fraction of sp³-hybridized carbons (Fsp3) is 0.318. The summed E-state index contributed by atoms with van der Waals surface area (Å²) >= 11 is 0. The average Bonchev–Trinajstić information content (AvgIpc) is 3.14. The van der Waals surface area contributed by atoms with Crippen molar-refractivity contribution in [3.63, 3.8) is 0 Å². The van der Waals surface area contributed by atoms with Crippen LogP contribution in [0.15, 0.2) is 45.7 Å². The summed E-state index contributed by atoms with van der Waals surface area (Å²) < 4.78 is 41.0. The fourth-order valence-corrected chi connectivity index (χ4v) is 3.66. The second-order valence-electron chi connectivity index (χ2n) is 6.53. The van der Waals surface area contributed by atoms with Gasteiger partial charge in [-0.3, -0.25) is 0 Å². The minimum atomic E-state index is -3.28. The second kappa shape index (κ2) is 9.13. The predicted molar refractivity (Wildman–Crippen MR) is 114 cm³/mol. The molecule has 0 N–H and O–H groups in total. The van der Waals surface area contributed by atoms with Gasteiger partial charge in [0.05, 0.1) is 24.4 Å². The first-order valence-electron chi connectivity index (χ1n) is 9.59. The van der Waals surface area contributed by atoms with Gasteiger partial charge in [-0.25, -0.2) is 13.4 Å². The number of unbranched alkanes of at least 4 members (excludes halogenated alkanes) is 1. The molecule has 2 aromatic carbocycles. The van der Waals surface area contributed by atoms with Crippen LogP contribution in [-0.2, 0) is 9.84 Å². The molecule has 7 heteroatoms. The van der Waals surface area contributed by atoms with Gasteiger partial charge in [0, 0.05) is 6.08 Å². The molecule has 6 nitrogen and oxygen atoms in total. The van der Waals surface area contributed by atoms with Gasteiger partial charge in [-0.1, -0.05) is 26.3 Å². The van der Waals surface area contributed by atoms with Gasteiger partial charge in [0.1, 0.15) is 5.52 Å². The maximum Gasteiger partial charge on any atom is 0.220 e. The van der Waals surface area contributed by atoms with Crippen LogP contribution in [0.2, 0.25) is 0 Å². The Labute approximate surface area is 171 Å². The molecule has 0 fully saturated rings. The highest BCUT2D eigenvalue weighted by atomic mass is 32.2. The lowest BCUT2D eigenvalue weighted by Gasteiger charge is -2.10. The van der Waals surface area contributed by atoms with E-state index < -0.39 is 9.84 Å². The summed E-state index contributed by atoms with van der Waals surface area (Å²) in [6.45, 7) is 4.36. The Kier molecular flexibility index (Phi) is 6.59. The van der Waals surface area contributed by atoms with Crippen molar-refractivity contribution in [3.05, 3.63) is 47.9 Å². The van der Waals surface area contributed by atoms with Crippen molar-refractivity contribution < 1.29 is 22.3 Å². The first-order chi connectivity index (χ1) is 14.0. The van der Waals surface area contributed by atoms with Crippen LogP contribution >= 0.6 is 0 Å². The van der Waals surface area contributed by atoms with E-state index in [-0.39, 0.29) is 10.6 Å². The van der Waals surface area contributed by atoms with Crippen molar-refractivity contribution in [1.29, 1.82) is 0 Å². The summed E-state index contributed by atoms with van der Waals surface area (Å²) in [4.78, 5) is 4.63. The number of ether oxygens (including phenoxy) is 2. The van der Waals surface area contributed by atoms with Gasteiger partial charge in [0.25, 0.3) is 0 Å².